The maximum absolute atomic E-state index is 5.76. The monoisotopic (exact) mass is 304 g/mol. The predicted octanol–water partition coefficient (Wildman–Crippen LogP) is 2.73. The number of ether oxygens (including phenoxy) is 1. The van der Waals surface area contributed by atoms with Gasteiger partial charge in [-0.05, 0) is 38.2 Å². The van der Waals surface area contributed by atoms with Crippen molar-refractivity contribution in [3.8, 4) is 5.88 Å². The highest BCUT2D eigenvalue weighted by atomic mass is 16.5. The molecule has 1 aliphatic carbocycles. The molecule has 1 aromatic rings. The van der Waals surface area contributed by atoms with E-state index in [0.717, 1.165) is 43.4 Å². The second kappa shape index (κ2) is 9.28. The highest BCUT2D eigenvalue weighted by Crippen LogP contribution is 2.27. The molecular weight excluding hydrogens is 276 g/mol. The summed E-state index contributed by atoms with van der Waals surface area (Å²) in [6, 6.07) is 3.96. The summed E-state index contributed by atoms with van der Waals surface area (Å²) >= 11 is 0. The van der Waals surface area contributed by atoms with Crippen molar-refractivity contribution in [2.45, 2.75) is 46.1 Å². The number of aromatic nitrogens is 1. The van der Waals surface area contributed by atoms with Gasteiger partial charge in [-0.15, -0.1) is 0 Å². The standard InChI is InChI=1S/C17H28N4O/c1-3-5-11-22-16-15(7-6-10-19-16)13-21-17(18-4-2)20-12-14-8-9-14/h6-7,10,14H,3-5,8-9,11-13H2,1-2H3,(H2,18,20,21). The fourth-order valence-electron chi connectivity index (χ4n) is 2.06. The number of nitrogens with zero attached hydrogens (tertiary/aromatic N) is 2. The first kappa shape index (κ1) is 16.6. The first-order chi connectivity index (χ1) is 10.8. The number of unbranched alkanes of at least 4 members (excludes halogenated alkanes) is 1. The van der Waals surface area contributed by atoms with Gasteiger partial charge in [-0.1, -0.05) is 19.4 Å². The van der Waals surface area contributed by atoms with Crippen LogP contribution in [-0.2, 0) is 6.54 Å². The molecule has 0 saturated heterocycles. The molecule has 0 aromatic carbocycles. The third-order valence-corrected chi connectivity index (χ3v) is 3.59. The summed E-state index contributed by atoms with van der Waals surface area (Å²) in [5.74, 6) is 2.41. The van der Waals surface area contributed by atoms with Gasteiger partial charge >= 0.3 is 0 Å². The lowest BCUT2D eigenvalue weighted by atomic mass is 10.2. The third-order valence-electron chi connectivity index (χ3n) is 3.59. The molecule has 5 heteroatoms. The first-order valence-electron chi connectivity index (χ1n) is 8.42. The number of hydrogen-bond donors (Lipinski definition) is 2. The Morgan fingerprint density at radius 2 is 2.23 bits per heavy atom. The summed E-state index contributed by atoms with van der Waals surface area (Å²) in [5.41, 5.74) is 1.03. The third kappa shape index (κ3) is 5.92. The summed E-state index contributed by atoms with van der Waals surface area (Å²) in [4.78, 5) is 8.97. The minimum atomic E-state index is 0.579. The molecule has 5 nitrogen and oxygen atoms in total. The van der Waals surface area contributed by atoms with Gasteiger partial charge in [-0.25, -0.2) is 9.98 Å². The predicted molar refractivity (Wildman–Crippen MR) is 90.2 cm³/mol. The molecule has 22 heavy (non-hydrogen) atoms. The molecular formula is C17H28N4O. The van der Waals surface area contributed by atoms with Crippen LogP contribution in [0.5, 0.6) is 5.88 Å². The maximum atomic E-state index is 5.76. The van der Waals surface area contributed by atoms with E-state index in [9.17, 15) is 0 Å². The summed E-state index contributed by atoms with van der Waals surface area (Å²) in [6.07, 6.45) is 6.61. The van der Waals surface area contributed by atoms with Crippen LogP contribution in [0.25, 0.3) is 0 Å². The van der Waals surface area contributed by atoms with E-state index in [-0.39, 0.29) is 0 Å². The Kier molecular flexibility index (Phi) is 7.00. The van der Waals surface area contributed by atoms with Crippen LogP contribution in [0.15, 0.2) is 23.3 Å². The molecule has 1 aromatic heterocycles. The van der Waals surface area contributed by atoms with E-state index in [2.05, 4.69) is 34.5 Å². The number of hydrogen-bond acceptors (Lipinski definition) is 3. The molecule has 0 aliphatic heterocycles. The van der Waals surface area contributed by atoms with E-state index in [4.69, 9.17) is 4.74 Å². The number of aliphatic imine (C=N–C) groups is 1. The average Bonchev–Trinajstić information content (AvgIpc) is 3.36. The van der Waals surface area contributed by atoms with Crippen LogP contribution >= 0.6 is 0 Å². The molecule has 122 valence electrons. The molecule has 1 aliphatic rings. The second-order valence-corrected chi connectivity index (χ2v) is 5.69. The number of nitrogens with one attached hydrogen (secondary N) is 2. The normalized spacial score (nSPS) is 14.7. The highest BCUT2D eigenvalue weighted by molar-refractivity contribution is 5.79. The fourth-order valence-corrected chi connectivity index (χ4v) is 2.06. The molecule has 2 N–H and O–H groups in total. The lowest BCUT2D eigenvalue weighted by Crippen LogP contribution is -2.38. The van der Waals surface area contributed by atoms with Gasteiger partial charge in [0.1, 0.15) is 0 Å². The SMILES string of the molecule is CCCCOc1ncccc1CN=C(NCC)NCC1CC1. The van der Waals surface area contributed by atoms with E-state index in [1.54, 1.807) is 6.20 Å². The van der Waals surface area contributed by atoms with Crippen molar-refractivity contribution in [2.24, 2.45) is 10.9 Å². The molecule has 0 bridgehead atoms. The number of pyridine rings is 1. The smallest absolute Gasteiger partial charge is 0.218 e. The van der Waals surface area contributed by atoms with E-state index in [0.29, 0.717) is 19.0 Å². The van der Waals surface area contributed by atoms with Gasteiger partial charge in [0.2, 0.25) is 5.88 Å². The molecule has 0 unspecified atom stereocenters. The summed E-state index contributed by atoms with van der Waals surface area (Å²) in [6.45, 7) is 7.40. The van der Waals surface area contributed by atoms with Crippen molar-refractivity contribution in [3.63, 3.8) is 0 Å². The Labute approximate surface area is 133 Å². The van der Waals surface area contributed by atoms with Gasteiger partial charge in [-0.3, -0.25) is 0 Å². The minimum Gasteiger partial charge on any atom is -0.477 e. The van der Waals surface area contributed by atoms with Crippen molar-refractivity contribution < 1.29 is 4.74 Å². The zero-order valence-electron chi connectivity index (χ0n) is 13.8. The minimum absolute atomic E-state index is 0.579. The van der Waals surface area contributed by atoms with E-state index in [1.807, 2.05) is 12.1 Å². The zero-order chi connectivity index (χ0) is 15.6. The maximum Gasteiger partial charge on any atom is 0.218 e. The Morgan fingerprint density at radius 3 is 2.95 bits per heavy atom. The second-order valence-electron chi connectivity index (χ2n) is 5.69. The Morgan fingerprint density at radius 1 is 1.36 bits per heavy atom. The first-order valence-corrected chi connectivity index (χ1v) is 8.42. The summed E-state index contributed by atoms with van der Waals surface area (Å²) in [7, 11) is 0. The zero-order valence-corrected chi connectivity index (χ0v) is 13.8. The Bertz CT molecular complexity index is 471. The van der Waals surface area contributed by atoms with Crippen molar-refractivity contribution in [3.05, 3.63) is 23.9 Å². The van der Waals surface area contributed by atoms with Gasteiger partial charge in [0, 0.05) is 24.8 Å². The van der Waals surface area contributed by atoms with Gasteiger partial charge < -0.3 is 15.4 Å². The molecule has 0 radical (unpaired) electrons. The molecule has 2 rings (SSSR count). The van der Waals surface area contributed by atoms with Crippen LogP contribution in [0.2, 0.25) is 0 Å². The molecule has 1 heterocycles. The van der Waals surface area contributed by atoms with Crippen molar-refractivity contribution in [1.82, 2.24) is 15.6 Å². The average molecular weight is 304 g/mol. The largest absolute Gasteiger partial charge is 0.477 e. The lowest BCUT2D eigenvalue weighted by molar-refractivity contribution is 0.294. The van der Waals surface area contributed by atoms with Crippen LogP contribution in [0.1, 0.15) is 45.1 Å². The van der Waals surface area contributed by atoms with Crippen molar-refractivity contribution in [2.75, 3.05) is 19.7 Å². The van der Waals surface area contributed by atoms with Crippen LogP contribution in [-0.4, -0.2) is 30.6 Å². The molecule has 0 spiro atoms. The topological polar surface area (TPSA) is 58.5 Å². The van der Waals surface area contributed by atoms with Gasteiger partial charge in [0.25, 0.3) is 0 Å². The highest BCUT2D eigenvalue weighted by Gasteiger charge is 2.21. The number of rotatable bonds is 9. The van der Waals surface area contributed by atoms with Crippen molar-refractivity contribution >= 4 is 5.96 Å². The Balaban J connectivity index is 1.92. The van der Waals surface area contributed by atoms with Crippen molar-refractivity contribution in [1.29, 1.82) is 0 Å². The molecule has 1 saturated carbocycles. The summed E-state index contributed by atoms with van der Waals surface area (Å²) in [5, 5.41) is 6.69. The van der Waals surface area contributed by atoms with Gasteiger partial charge in [-0.2, -0.15) is 0 Å². The van der Waals surface area contributed by atoms with Crippen LogP contribution in [0.3, 0.4) is 0 Å². The van der Waals surface area contributed by atoms with Crippen LogP contribution < -0.4 is 15.4 Å². The van der Waals surface area contributed by atoms with E-state index < -0.39 is 0 Å². The van der Waals surface area contributed by atoms with Gasteiger partial charge in [0.05, 0.1) is 13.2 Å². The molecule has 0 atom stereocenters. The van der Waals surface area contributed by atoms with E-state index in [1.165, 1.54) is 12.8 Å². The summed E-state index contributed by atoms with van der Waals surface area (Å²) < 4.78 is 5.76. The van der Waals surface area contributed by atoms with E-state index >= 15 is 0 Å². The fraction of sp³-hybridized carbons (Fsp3) is 0.647. The number of guanidine groups is 1. The van der Waals surface area contributed by atoms with Crippen LogP contribution in [0, 0.1) is 5.92 Å². The lowest BCUT2D eigenvalue weighted by Gasteiger charge is -2.12. The quantitative estimate of drug-likeness (QED) is 0.418. The van der Waals surface area contributed by atoms with Crippen LogP contribution in [0.4, 0.5) is 0 Å². The van der Waals surface area contributed by atoms with Gasteiger partial charge in [0.15, 0.2) is 5.96 Å². The Hall–Kier alpha value is -1.78. The molecule has 1 fully saturated rings. The molecule has 0 amide bonds.